The predicted molar refractivity (Wildman–Crippen MR) is 49.7 cm³/mol. The van der Waals surface area contributed by atoms with Crippen molar-refractivity contribution in [3.8, 4) is 0 Å². The third-order valence-corrected chi connectivity index (χ3v) is 2.68. The van der Waals surface area contributed by atoms with Crippen LogP contribution < -0.4 is 5.73 Å². The smallest absolute Gasteiger partial charge is 0.338 e. The highest BCUT2D eigenvalue weighted by Crippen LogP contribution is 2.26. The molecule has 66 valence electrons. The number of carboxylic acid groups (broad SMARTS) is 1. The van der Waals surface area contributed by atoms with Crippen LogP contribution in [-0.4, -0.2) is 11.1 Å². The van der Waals surface area contributed by atoms with Gasteiger partial charge in [-0.15, -0.1) is 11.3 Å². The third-order valence-electron chi connectivity index (χ3n) is 1.62. The Balaban J connectivity index is 2.96. The second kappa shape index (κ2) is 3.58. The number of carboxylic acids is 1. The first kappa shape index (κ1) is 9.06. The molecule has 0 saturated heterocycles. The number of hydrogen-bond acceptors (Lipinski definition) is 3. The van der Waals surface area contributed by atoms with E-state index in [2.05, 4.69) is 0 Å². The molecule has 0 radical (unpaired) electrons. The summed E-state index contributed by atoms with van der Waals surface area (Å²) in [4.78, 5) is 11.5. The van der Waals surface area contributed by atoms with E-state index in [1.54, 1.807) is 5.38 Å². The number of nitrogens with two attached hydrogens (primary N) is 1. The van der Waals surface area contributed by atoms with Crippen LogP contribution in [0.2, 0.25) is 0 Å². The molecule has 0 amide bonds. The largest absolute Gasteiger partial charge is 0.478 e. The number of anilines is 1. The van der Waals surface area contributed by atoms with Crippen molar-refractivity contribution in [3.63, 3.8) is 0 Å². The number of nitrogen functional groups attached to an aromatic ring is 1. The lowest BCUT2D eigenvalue weighted by Crippen LogP contribution is -2.00. The van der Waals surface area contributed by atoms with Gasteiger partial charge in [-0.2, -0.15) is 0 Å². The van der Waals surface area contributed by atoms with Gasteiger partial charge in [0.25, 0.3) is 0 Å². The van der Waals surface area contributed by atoms with Crippen molar-refractivity contribution in [1.82, 2.24) is 0 Å². The van der Waals surface area contributed by atoms with E-state index in [1.807, 2.05) is 6.92 Å². The van der Waals surface area contributed by atoms with Crippen LogP contribution in [0.3, 0.4) is 0 Å². The Hall–Kier alpha value is -1.03. The van der Waals surface area contributed by atoms with Crippen molar-refractivity contribution in [2.75, 3.05) is 5.73 Å². The maximum atomic E-state index is 10.6. The topological polar surface area (TPSA) is 63.3 Å². The Labute approximate surface area is 74.8 Å². The minimum Gasteiger partial charge on any atom is -0.478 e. The van der Waals surface area contributed by atoms with E-state index >= 15 is 0 Å². The van der Waals surface area contributed by atoms with Crippen molar-refractivity contribution in [2.24, 2.45) is 0 Å². The van der Waals surface area contributed by atoms with E-state index in [9.17, 15) is 4.79 Å². The summed E-state index contributed by atoms with van der Waals surface area (Å²) in [5, 5.41) is 10.3. The average Bonchev–Trinajstić information content (AvgIpc) is 2.34. The Morgan fingerprint density at radius 3 is 2.83 bits per heavy atom. The number of aryl methyl sites for hydroxylation is 1. The quantitative estimate of drug-likeness (QED) is 0.756. The van der Waals surface area contributed by atoms with Gasteiger partial charge in [0, 0.05) is 10.3 Å². The van der Waals surface area contributed by atoms with Crippen molar-refractivity contribution >= 4 is 23.0 Å². The maximum Gasteiger partial charge on any atom is 0.338 e. The van der Waals surface area contributed by atoms with Gasteiger partial charge in [0.1, 0.15) is 0 Å². The predicted octanol–water partition coefficient (Wildman–Crippen LogP) is 1.98. The molecule has 0 spiro atoms. The average molecular weight is 185 g/mol. The van der Waals surface area contributed by atoms with Crippen LogP contribution in [0.1, 0.15) is 28.6 Å². The van der Waals surface area contributed by atoms with Gasteiger partial charge in [0.15, 0.2) is 0 Å². The summed E-state index contributed by atoms with van der Waals surface area (Å²) in [6, 6.07) is 0. The summed E-state index contributed by atoms with van der Waals surface area (Å²) >= 11 is 1.42. The molecule has 0 aliphatic heterocycles. The molecule has 1 rings (SSSR count). The molecule has 1 heterocycles. The van der Waals surface area contributed by atoms with Gasteiger partial charge in [-0.05, 0) is 6.42 Å². The monoisotopic (exact) mass is 185 g/mol. The highest BCUT2D eigenvalue weighted by molar-refractivity contribution is 7.10. The Morgan fingerprint density at radius 2 is 2.42 bits per heavy atom. The molecule has 1 aromatic rings. The van der Waals surface area contributed by atoms with Crippen LogP contribution in [0, 0.1) is 0 Å². The normalized spacial score (nSPS) is 10.1. The molecule has 0 saturated carbocycles. The second-order valence-corrected chi connectivity index (χ2v) is 3.51. The molecule has 0 fully saturated rings. The Bertz CT molecular complexity index is 293. The lowest BCUT2D eigenvalue weighted by atomic mass is 10.2. The fourth-order valence-electron chi connectivity index (χ4n) is 0.993. The summed E-state index contributed by atoms with van der Waals surface area (Å²) in [5.41, 5.74) is 6.30. The van der Waals surface area contributed by atoms with E-state index in [0.29, 0.717) is 5.69 Å². The summed E-state index contributed by atoms with van der Waals surface area (Å²) in [6.07, 6.45) is 1.85. The highest BCUT2D eigenvalue weighted by Gasteiger charge is 2.12. The molecule has 3 nitrogen and oxygen atoms in total. The molecular weight excluding hydrogens is 174 g/mol. The van der Waals surface area contributed by atoms with Crippen LogP contribution in [0.5, 0.6) is 0 Å². The molecular formula is C8H11NO2S. The lowest BCUT2D eigenvalue weighted by molar-refractivity contribution is 0.0698. The molecule has 4 heteroatoms. The van der Waals surface area contributed by atoms with Crippen molar-refractivity contribution < 1.29 is 9.90 Å². The van der Waals surface area contributed by atoms with Crippen molar-refractivity contribution in [2.45, 2.75) is 19.8 Å². The summed E-state index contributed by atoms with van der Waals surface area (Å²) in [6.45, 7) is 2.04. The van der Waals surface area contributed by atoms with E-state index in [-0.39, 0.29) is 5.56 Å². The molecule has 0 aromatic carbocycles. The van der Waals surface area contributed by atoms with Crippen LogP contribution in [-0.2, 0) is 6.42 Å². The number of thiophene rings is 1. The van der Waals surface area contributed by atoms with Crippen LogP contribution in [0.4, 0.5) is 5.69 Å². The van der Waals surface area contributed by atoms with Crippen LogP contribution in [0.15, 0.2) is 5.38 Å². The molecule has 0 atom stereocenters. The molecule has 3 N–H and O–H groups in total. The van der Waals surface area contributed by atoms with E-state index in [1.165, 1.54) is 11.3 Å². The van der Waals surface area contributed by atoms with Gasteiger partial charge in [0.05, 0.1) is 11.3 Å². The Kier molecular flexibility index (Phi) is 2.70. The standard InChI is InChI=1S/C8H11NO2S/c1-2-3-6-7(9)5(4-12-6)8(10)11/h4H,2-3,9H2,1H3,(H,10,11). The first-order valence-electron chi connectivity index (χ1n) is 3.76. The van der Waals surface area contributed by atoms with Crippen LogP contribution in [0.25, 0.3) is 0 Å². The number of rotatable bonds is 3. The van der Waals surface area contributed by atoms with E-state index in [0.717, 1.165) is 17.7 Å². The number of carbonyl (C=O) groups is 1. The maximum absolute atomic E-state index is 10.6. The minimum absolute atomic E-state index is 0.239. The van der Waals surface area contributed by atoms with Gasteiger partial charge in [-0.25, -0.2) is 4.79 Å². The zero-order valence-corrected chi connectivity index (χ0v) is 7.65. The SMILES string of the molecule is CCCc1scc(C(=O)O)c1N. The highest BCUT2D eigenvalue weighted by atomic mass is 32.1. The second-order valence-electron chi connectivity index (χ2n) is 2.54. The van der Waals surface area contributed by atoms with Gasteiger partial charge in [-0.1, -0.05) is 13.3 Å². The number of hydrogen-bond donors (Lipinski definition) is 2. The molecule has 1 aromatic heterocycles. The first-order chi connectivity index (χ1) is 5.66. The molecule has 0 unspecified atom stereocenters. The van der Waals surface area contributed by atoms with Gasteiger partial charge >= 0.3 is 5.97 Å². The minimum atomic E-state index is -0.939. The van der Waals surface area contributed by atoms with Gasteiger partial charge in [0.2, 0.25) is 0 Å². The molecule has 0 aliphatic carbocycles. The summed E-state index contributed by atoms with van der Waals surface area (Å²) in [5.74, 6) is -0.939. The van der Waals surface area contributed by atoms with Crippen LogP contribution >= 0.6 is 11.3 Å². The lowest BCUT2D eigenvalue weighted by Gasteiger charge is -1.96. The fourth-order valence-corrected chi connectivity index (χ4v) is 2.04. The number of aromatic carboxylic acids is 1. The fraction of sp³-hybridized carbons (Fsp3) is 0.375. The van der Waals surface area contributed by atoms with Crippen molar-refractivity contribution in [1.29, 1.82) is 0 Å². The summed E-state index contributed by atoms with van der Waals surface area (Å²) < 4.78 is 0. The van der Waals surface area contributed by atoms with E-state index < -0.39 is 5.97 Å². The Morgan fingerprint density at radius 1 is 1.75 bits per heavy atom. The van der Waals surface area contributed by atoms with Crippen molar-refractivity contribution in [3.05, 3.63) is 15.8 Å². The zero-order chi connectivity index (χ0) is 9.14. The molecule has 0 bridgehead atoms. The van der Waals surface area contributed by atoms with E-state index in [4.69, 9.17) is 10.8 Å². The molecule has 12 heavy (non-hydrogen) atoms. The summed E-state index contributed by atoms with van der Waals surface area (Å²) in [7, 11) is 0. The van der Waals surface area contributed by atoms with Gasteiger partial charge in [-0.3, -0.25) is 0 Å². The van der Waals surface area contributed by atoms with Gasteiger partial charge < -0.3 is 10.8 Å². The first-order valence-corrected chi connectivity index (χ1v) is 4.64. The molecule has 0 aliphatic rings. The zero-order valence-electron chi connectivity index (χ0n) is 6.83. The third kappa shape index (κ3) is 1.58.